The van der Waals surface area contributed by atoms with Gasteiger partial charge in [-0.25, -0.2) is 4.42 Å². The van der Waals surface area contributed by atoms with Crippen LogP contribution in [0.25, 0.3) is 22.3 Å². The molecule has 2 aromatic carbocycles. The molecule has 48 heavy (non-hydrogen) atoms. The van der Waals surface area contributed by atoms with E-state index in [1.54, 1.807) is 0 Å². The predicted molar refractivity (Wildman–Crippen MR) is 157 cm³/mol. The molecule has 0 bridgehead atoms. The summed E-state index contributed by atoms with van der Waals surface area (Å²) in [7, 11) is 0. The smallest absolute Gasteiger partial charge is 0.402 e. The van der Waals surface area contributed by atoms with Crippen LogP contribution in [0, 0.1) is 0 Å². The molecule has 260 valence electrons. The Morgan fingerprint density at radius 1 is 0.667 bits per heavy atom. The molecule has 17 heteroatoms. The van der Waals surface area contributed by atoms with E-state index in [1.807, 2.05) is 0 Å². The number of esters is 2. The molecule has 0 radical (unpaired) electrons. The van der Waals surface area contributed by atoms with Crippen LogP contribution in [0.5, 0.6) is 23.0 Å². The lowest BCUT2D eigenvalue weighted by atomic mass is 9.99. The average Bonchev–Trinajstić information content (AvgIpc) is 3.04. The van der Waals surface area contributed by atoms with E-state index in [1.165, 1.54) is 36.4 Å². The molecule has 10 atom stereocenters. The first-order valence-electron chi connectivity index (χ1n) is 14.7. The predicted octanol–water partition coefficient (Wildman–Crippen LogP) is -0.709. The van der Waals surface area contributed by atoms with Gasteiger partial charge in [0, 0.05) is 26.0 Å². The minimum Gasteiger partial charge on any atom is -0.508 e. The molecule has 17 nitrogen and oxygen atoms in total. The summed E-state index contributed by atoms with van der Waals surface area (Å²) in [5.74, 6) is -2.19. The van der Waals surface area contributed by atoms with Gasteiger partial charge in [0.2, 0.25) is 18.3 Å². The molecular formula is C31H35O17+. The van der Waals surface area contributed by atoms with Crippen molar-refractivity contribution in [3.8, 4) is 34.3 Å². The quantitative estimate of drug-likeness (QED) is 0.103. The molecule has 2 aliphatic heterocycles. The Morgan fingerprint density at radius 2 is 1.17 bits per heavy atom. The molecule has 0 spiro atoms. The maximum atomic E-state index is 11.4. The fraction of sp³-hybridized carbons (Fsp3) is 0.452. The largest absolute Gasteiger partial charge is 0.508 e. The van der Waals surface area contributed by atoms with Crippen LogP contribution in [-0.4, -0.2) is 127 Å². The lowest BCUT2D eigenvalue weighted by Crippen LogP contribution is -2.60. The fourth-order valence-corrected chi connectivity index (χ4v) is 5.12. The first-order chi connectivity index (χ1) is 22.7. The highest BCUT2D eigenvalue weighted by molar-refractivity contribution is 5.88. The zero-order valence-electron chi connectivity index (χ0n) is 25.5. The van der Waals surface area contributed by atoms with Crippen molar-refractivity contribution in [1.29, 1.82) is 0 Å². The van der Waals surface area contributed by atoms with Crippen molar-refractivity contribution in [2.45, 2.75) is 75.3 Å². The fourth-order valence-electron chi connectivity index (χ4n) is 5.12. The van der Waals surface area contributed by atoms with E-state index in [0.717, 1.165) is 19.9 Å². The second kappa shape index (κ2) is 14.4. The minimum atomic E-state index is -1.82. The Labute approximate surface area is 271 Å². The Hall–Kier alpha value is -4.33. The van der Waals surface area contributed by atoms with Gasteiger partial charge in [0.1, 0.15) is 84.7 Å². The maximum Gasteiger partial charge on any atom is 0.402 e. The number of rotatable bonds is 9. The summed E-state index contributed by atoms with van der Waals surface area (Å²) in [6.45, 7) is 1.30. The van der Waals surface area contributed by atoms with Crippen LogP contribution in [0.4, 0.5) is 0 Å². The summed E-state index contributed by atoms with van der Waals surface area (Å²) in [5.41, 5.74) is 0.311. The second-order valence-electron chi connectivity index (χ2n) is 11.2. The van der Waals surface area contributed by atoms with E-state index < -0.39 is 86.6 Å². The number of carbonyl (C=O) groups excluding carboxylic acids is 2. The molecule has 0 aliphatic carbocycles. The standard InChI is InChI=1S/C31H34O17/c1-12(32)42-10-21-23(36)25(38)27(40)30(47-21)45-19-8-16(35)7-18-17(19)9-20(29(44-18)14-3-5-15(34)6-4-14)46-31-28(41)26(39)24(37)22(48-31)11-43-13(2)33/h3-9,21-28,30-31,36-41H,10-11H2,1-2H3,(H-,34,35)/p+1. The molecule has 5 rings (SSSR count). The van der Waals surface area contributed by atoms with Crippen LogP contribution in [0.3, 0.4) is 0 Å². The van der Waals surface area contributed by atoms with E-state index in [4.69, 9.17) is 32.8 Å². The highest BCUT2D eigenvalue weighted by Gasteiger charge is 2.47. The number of phenols is 2. The summed E-state index contributed by atoms with van der Waals surface area (Å²) < 4.78 is 39.0. The van der Waals surface area contributed by atoms with E-state index in [0.29, 0.717) is 5.56 Å². The first kappa shape index (κ1) is 35.0. The maximum absolute atomic E-state index is 11.4. The summed E-state index contributed by atoms with van der Waals surface area (Å²) in [6, 6.07) is 9.32. The highest BCUT2D eigenvalue weighted by atomic mass is 16.7. The number of ether oxygens (including phenoxy) is 6. The number of aliphatic hydroxyl groups is 6. The van der Waals surface area contributed by atoms with Crippen molar-refractivity contribution < 1.29 is 83.3 Å². The van der Waals surface area contributed by atoms with Gasteiger partial charge in [-0.1, -0.05) is 0 Å². The lowest BCUT2D eigenvalue weighted by Gasteiger charge is -2.40. The van der Waals surface area contributed by atoms with Crippen LogP contribution in [0.15, 0.2) is 46.9 Å². The van der Waals surface area contributed by atoms with Gasteiger partial charge in [-0.3, -0.25) is 9.59 Å². The number of benzene rings is 2. The van der Waals surface area contributed by atoms with Gasteiger partial charge >= 0.3 is 23.3 Å². The van der Waals surface area contributed by atoms with Crippen LogP contribution in [0.1, 0.15) is 13.8 Å². The number of aromatic hydroxyl groups is 2. The third-order valence-corrected chi connectivity index (χ3v) is 7.65. The molecular weight excluding hydrogens is 644 g/mol. The molecule has 0 amide bonds. The number of carbonyl (C=O) groups is 2. The van der Waals surface area contributed by atoms with E-state index in [2.05, 4.69) is 0 Å². The van der Waals surface area contributed by atoms with Crippen molar-refractivity contribution in [3.63, 3.8) is 0 Å². The van der Waals surface area contributed by atoms with Crippen LogP contribution < -0.4 is 9.47 Å². The van der Waals surface area contributed by atoms with Crippen molar-refractivity contribution in [3.05, 3.63) is 42.5 Å². The number of phenolic OH excluding ortho intramolecular Hbond substituents is 2. The zero-order chi connectivity index (χ0) is 34.9. The van der Waals surface area contributed by atoms with Crippen molar-refractivity contribution in [2.24, 2.45) is 0 Å². The Bertz CT molecular complexity index is 1610. The number of hydrogen-bond acceptors (Lipinski definition) is 16. The normalized spacial score (nSPS) is 30.4. The summed E-state index contributed by atoms with van der Waals surface area (Å²) >= 11 is 0. The molecule has 10 unspecified atom stereocenters. The Kier molecular flexibility index (Phi) is 10.5. The average molecular weight is 680 g/mol. The van der Waals surface area contributed by atoms with Crippen molar-refractivity contribution in [1.82, 2.24) is 0 Å². The minimum absolute atomic E-state index is 0.0175. The lowest BCUT2D eigenvalue weighted by molar-refractivity contribution is -0.278. The topological polar surface area (TPSA) is 263 Å². The second-order valence-corrected chi connectivity index (χ2v) is 11.2. The molecule has 3 aromatic rings. The SMILES string of the molecule is CC(=O)OCC1OC(Oc2cc3c(OC4OC(COC(C)=O)C(O)C(O)C4O)cc(O)cc3[o+]c2-c2ccc(O)cc2)C(O)C(O)C1O. The molecule has 8 N–H and O–H groups in total. The van der Waals surface area contributed by atoms with Gasteiger partial charge in [-0.2, -0.15) is 0 Å². The zero-order valence-corrected chi connectivity index (χ0v) is 25.5. The third-order valence-electron chi connectivity index (χ3n) is 7.65. The third kappa shape index (κ3) is 7.53. The van der Waals surface area contributed by atoms with E-state index in [9.17, 15) is 50.4 Å². The van der Waals surface area contributed by atoms with Gasteiger partial charge in [0.25, 0.3) is 0 Å². The van der Waals surface area contributed by atoms with E-state index in [-0.39, 0.29) is 39.7 Å². The van der Waals surface area contributed by atoms with Gasteiger partial charge in [-0.15, -0.1) is 0 Å². The molecule has 2 fully saturated rings. The number of fused-ring (bicyclic) bond motifs is 1. The summed E-state index contributed by atoms with van der Waals surface area (Å²) in [6.07, 6.45) is -16.5. The van der Waals surface area contributed by atoms with Gasteiger partial charge in [0.05, 0.1) is 11.6 Å². The molecule has 1 aromatic heterocycles. The monoisotopic (exact) mass is 679 g/mol. The van der Waals surface area contributed by atoms with Crippen LogP contribution in [0.2, 0.25) is 0 Å². The van der Waals surface area contributed by atoms with E-state index >= 15 is 0 Å². The summed E-state index contributed by atoms with van der Waals surface area (Å²) in [4.78, 5) is 22.7. The molecule has 3 heterocycles. The number of aliphatic hydroxyl groups excluding tert-OH is 6. The van der Waals surface area contributed by atoms with Gasteiger partial charge < -0.3 is 69.3 Å². The first-order valence-corrected chi connectivity index (χ1v) is 14.7. The van der Waals surface area contributed by atoms with Crippen LogP contribution >= 0.6 is 0 Å². The Morgan fingerprint density at radius 3 is 1.67 bits per heavy atom. The molecule has 2 aliphatic rings. The van der Waals surface area contributed by atoms with Gasteiger partial charge in [-0.05, 0) is 24.3 Å². The highest BCUT2D eigenvalue weighted by Crippen LogP contribution is 2.42. The Balaban J connectivity index is 1.54. The van der Waals surface area contributed by atoms with Crippen molar-refractivity contribution >= 4 is 22.9 Å². The van der Waals surface area contributed by atoms with Gasteiger partial charge in [0.15, 0.2) is 0 Å². The van der Waals surface area contributed by atoms with Crippen molar-refractivity contribution in [2.75, 3.05) is 13.2 Å². The van der Waals surface area contributed by atoms with Crippen LogP contribution in [-0.2, 0) is 28.5 Å². The molecule has 2 saturated heterocycles. The number of hydrogen-bond donors (Lipinski definition) is 8. The molecule has 0 saturated carbocycles. The summed E-state index contributed by atoms with van der Waals surface area (Å²) in [5, 5.41) is 83.6.